The summed E-state index contributed by atoms with van der Waals surface area (Å²) in [5, 5.41) is 0. The van der Waals surface area contributed by atoms with Gasteiger partial charge in [0.2, 0.25) is 12.6 Å². The van der Waals surface area contributed by atoms with E-state index in [2.05, 4.69) is 0 Å². The van der Waals surface area contributed by atoms with Crippen molar-refractivity contribution in [3.8, 4) is 0 Å². The first-order chi connectivity index (χ1) is 35.4. The minimum atomic E-state index is -1.94. The Balaban J connectivity index is 3.21. The lowest BCUT2D eigenvalue weighted by Crippen LogP contribution is -2.67. The molecule has 10 atom stereocenters. The molecule has 0 amide bonds. The number of carbonyl (C=O) groups is 8. The average Bonchev–Trinajstić information content (AvgIpc) is 3.15. The number of rotatable bonds is 20. The Hall–Kier alpha value is -4.36. The van der Waals surface area contributed by atoms with Crippen molar-refractivity contribution in [2.45, 2.75) is 279 Å². The SMILES string of the molecule is CC(C)(C)CC(=O)OCC1OC(OC2OC(COC(=O)CC(C)(C)C)C(OC(=O)CC(C)(C)C)C(OC(=O)CC(C)(C)C)C2OC(=O)CC(C)(C)C)C(OC(=O)CC(C)(C)C)C(OC(=O)CC(C)(C)C)C1OC(=O)CC(C)(C)C. The molecule has 19 nitrogen and oxygen atoms in total. The molecule has 79 heavy (non-hydrogen) atoms. The molecule has 2 rings (SSSR count). The van der Waals surface area contributed by atoms with Crippen molar-refractivity contribution in [1.29, 1.82) is 0 Å². The van der Waals surface area contributed by atoms with Crippen molar-refractivity contribution >= 4 is 47.8 Å². The quantitative estimate of drug-likeness (QED) is 0.0813. The van der Waals surface area contributed by atoms with Crippen molar-refractivity contribution in [3.05, 3.63) is 0 Å². The maximum Gasteiger partial charge on any atom is 0.306 e. The molecular formula is C60H102O19. The summed E-state index contributed by atoms with van der Waals surface area (Å²) < 4.78 is 69.3. The van der Waals surface area contributed by atoms with Crippen LogP contribution in [0.25, 0.3) is 0 Å². The Morgan fingerprint density at radius 1 is 0.266 bits per heavy atom. The molecule has 2 aliphatic rings. The maximum atomic E-state index is 14.2. The first kappa shape index (κ1) is 70.7. The Bertz CT molecular complexity index is 1930. The maximum absolute atomic E-state index is 14.2. The molecule has 0 aromatic heterocycles. The van der Waals surface area contributed by atoms with E-state index in [1.807, 2.05) is 83.1 Å². The second-order valence-corrected chi connectivity index (χ2v) is 31.2. The fourth-order valence-corrected chi connectivity index (χ4v) is 8.26. The molecule has 0 aromatic rings. The number of carbonyl (C=O) groups excluding carboxylic acids is 8. The minimum absolute atomic E-state index is 0.0405. The van der Waals surface area contributed by atoms with Gasteiger partial charge in [-0.15, -0.1) is 0 Å². The molecule has 2 fully saturated rings. The molecular weight excluding hydrogens is 1020 g/mol. The summed E-state index contributed by atoms with van der Waals surface area (Å²) in [5.41, 5.74) is -4.87. The first-order valence-corrected chi connectivity index (χ1v) is 27.8. The second-order valence-electron chi connectivity index (χ2n) is 31.2. The topological polar surface area (TPSA) is 238 Å². The first-order valence-electron chi connectivity index (χ1n) is 27.8. The molecule has 2 saturated heterocycles. The van der Waals surface area contributed by atoms with Gasteiger partial charge in [-0.2, -0.15) is 0 Å². The summed E-state index contributed by atoms with van der Waals surface area (Å²) in [5.74, 6) is -6.01. The van der Waals surface area contributed by atoms with Crippen LogP contribution in [0, 0.1) is 43.3 Å². The Morgan fingerprint density at radius 2 is 0.443 bits per heavy atom. The molecule has 0 N–H and O–H groups in total. The van der Waals surface area contributed by atoms with E-state index in [-0.39, 0.29) is 51.4 Å². The molecule has 0 spiro atoms. The van der Waals surface area contributed by atoms with E-state index in [0.717, 1.165) is 0 Å². The van der Waals surface area contributed by atoms with Crippen molar-refractivity contribution in [3.63, 3.8) is 0 Å². The monoisotopic (exact) mass is 1130 g/mol. The predicted molar refractivity (Wildman–Crippen MR) is 292 cm³/mol. The van der Waals surface area contributed by atoms with Crippen LogP contribution >= 0.6 is 0 Å². The molecule has 0 bridgehead atoms. The summed E-state index contributed by atoms with van der Waals surface area (Å²) in [6.07, 6.45) is -18.3. The highest BCUT2D eigenvalue weighted by molar-refractivity contribution is 5.74. The van der Waals surface area contributed by atoms with Crippen molar-refractivity contribution in [2.24, 2.45) is 43.3 Å². The summed E-state index contributed by atoms with van der Waals surface area (Å²) in [6.45, 7) is 42.3. The number of hydrogen-bond acceptors (Lipinski definition) is 19. The third-order valence-corrected chi connectivity index (χ3v) is 11.3. The second kappa shape index (κ2) is 27.6. The van der Waals surface area contributed by atoms with Gasteiger partial charge in [0.15, 0.2) is 36.6 Å². The van der Waals surface area contributed by atoms with Gasteiger partial charge in [0.05, 0.1) is 51.4 Å². The molecule has 0 radical (unpaired) electrons. The third kappa shape index (κ3) is 29.3. The van der Waals surface area contributed by atoms with Gasteiger partial charge in [0.25, 0.3) is 0 Å². The van der Waals surface area contributed by atoms with Crippen LogP contribution in [0.4, 0.5) is 0 Å². The van der Waals surface area contributed by atoms with Crippen LogP contribution in [-0.2, 0) is 90.5 Å². The van der Waals surface area contributed by atoms with Gasteiger partial charge in [0.1, 0.15) is 25.4 Å². The fraction of sp³-hybridized carbons (Fsp3) is 0.867. The van der Waals surface area contributed by atoms with Gasteiger partial charge in [-0.25, -0.2) is 0 Å². The van der Waals surface area contributed by atoms with Crippen molar-refractivity contribution in [2.75, 3.05) is 13.2 Å². The van der Waals surface area contributed by atoms with Crippen LogP contribution < -0.4 is 0 Å². The lowest BCUT2D eigenvalue weighted by atomic mass is 9.91. The van der Waals surface area contributed by atoms with Gasteiger partial charge in [-0.05, 0) is 43.3 Å². The fourth-order valence-electron chi connectivity index (χ4n) is 8.26. The summed E-state index contributed by atoms with van der Waals surface area (Å²) in [6, 6.07) is 0. The zero-order valence-electron chi connectivity index (χ0n) is 52.6. The molecule has 2 aliphatic heterocycles. The van der Waals surface area contributed by atoms with E-state index < -0.39 is 166 Å². The third-order valence-electron chi connectivity index (χ3n) is 11.3. The molecule has 456 valence electrons. The predicted octanol–water partition coefficient (Wildman–Crippen LogP) is 10.5. The Kier molecular flexibility index (Phi) is 24.7. The molecule has 0 saturated carbocycles. The Morgan fingerprint density at radius 3 is 0.646 bits per heavy atom. The zero-order valence-corrected chi connectivity index (χ0v) is 52.6. The highest BCUT2D eigenvalue weighted by Crippen LogP contribution is 2.39. The number of esters is 8. The smallest absolute Gasteiger partial charge is 0.306 e. The van der Waals surface area contributed by atoms with E-state index in [1.165, 1.54) is 0 Å². The number of ether oxygens (including phenoxy) is 11. The summed E-state index contributed by atoms with van der Waals surface area (Å²) in [4.78, 5) is 112. The normalized spacial score (nSPS) is 24.6. The highest BCUT2D eigenvalue weighted by Gasteiger charge is 2.59. The minimum Gasteiger partial charge on any atom is -0.463 e. The van der Waals surface area contributed by atoms with Crippen LogP contribution in [0.3, 0.4) is 0 Å². The van der Waals surface area contributed by atoms with E-state index in [9.17, 15) is 38.4 Å². The summed E-state index contributed by atoms with van der Waals surface area (Å²) in [7, 11) is 0. The summed E-state index contributed by atoms with van der Waals surface area (Å²) >= 11 is 0. The van der Waals surface area contributed by atoms with Crippen molar-refractivity contribution in [1.82, 2.24) is 0 Å². The average molecular weight is 1130 g/mol. The molecule has 0 aliphatic carbocycles. The lowest BCUT2D eigenvalue weighted by molar-refractivity contribution is -0.378. The van der Waals surface area contributed by atoms with Gasteiger partial charge >= 0.3 is 47.8 Å². The van der Waals surface area contributed by atoms with Crippen LogP contribution in [-0.4, -0.2) is 122 Å². The zero-order chi connectivity index (χ0) is 61.2. The standard InChI is InChI=1S/C60H102O19/c1-53(2,3)25-37(61)69-33-35-45(73-39(63)27-55(7,8)9)47(75-41(65)29-57(13,14)15)49(77-43(67)31-59(19,20)21)51(71-35)79-52-50(78-44(68)32-60(22,23)24)48(76-42(66)30-58(16,17)18)46(74-40(64)28-56(10,11)12)36(72-52)34-70-38(62)26-54(4,5)6/h35-36,45-52H,25-34H2,1-24H3. The van der Waals surface area contributed by atoms with Crippen molar-refractivity contribution < 1.29 is 90.5 Å². The number of hydrogen-bond donors (Lipinski definition) is 0. The molecule has 10 unspecified atom stereocenters. The van der Waals surface area contributed by atoms with E-state index in [4.69, 9.17) is 52.1 Å². The van der Waals surface area contributed by atoms with Crippen LogP contribution in [0.2, 0.25) is 0 Å². The van der Waals surface area contributed by atoms with Gasteiger partial charge < -0.3 is 52.1 Å². The van der Waals surface area contributed by atoms with Gasteiger partial charge in [-0.1, -0.05) is 166 Å². The van der Waals surface area contributed by atoms with Gasteiger partial charge in [-0.3, -0.25) is 38.4 Å². The molecule has 19 heteroatoms. The van der Waals surface area contributed by atoms with E-state index >= 15 is 0 Å². The largest absolute Gasteiger partial charge is 0.463 e. The highest BCUT2D eigenvalue weighted by atomic mass is 16.8. The molecule has 2 heterocycles. The van der Waals surface area contributed by atoms with Crippen LogP contribution in [0.1, 0.15) is 218 Å². The Labute approximate surface area is 472 Å². The van der Waals surface area contributed by atoms with E-state index in [1.54, 1.807) is 83.1 Å². The van der Waals surface area contributed by atoms with Crippen LogP contribution in [0.5, 0.6) is 0 Å². The van der Waals surface area contributed by atoms with Crippen LogP contribution in [0.15, 0.2) is 0 Å². The van der Waals surface area contributed by atoms with Gasteiger partial charge in [0, 0.05) is 0 Å². The van der Waals surface area contributed by atoms with E-state index in [0.29, 0.717) is 0 Å². The molecule has 0 aromatic carbocycles. The lowest BCUT2D eigenvalue weighted by Gasteiger charge is -2.48.